The minimum Gasteiger partial charge on any atom is -0.469 e. The van der Waals surface area contributed by atoms with Gasteiger partial charge in [-0.25, -0.2) is 0 Å². The molecule has 1 atom stereocenters. The van der Waals surface area contributed by atoms with Crippen LogP contribution in [0.4, 0.5) is 0 Å². The SMILES string of the molecule is COC(=O)CC(C)(N)CCN(C)C. The minimum absolute atomic E-state index is 0.247. The highest BCUT2D eigenvalue weighted by Crippen LogP contribution is 2.11. The lowest BCUT2D eigenvalue weighted by Crippen LogP contribution is -2.41. The fraction of sp³-hybridized carbons (Fsp3) is 0.889. The summed E-state index contributed by atoms with van der Waals surface area (Å²) in [7, 11) is 5.34. The third kappa shape index (κ3) is 6.54. The number of ether oxygens (including phenoxy) is 1. The van der Waals surface area contributed by atoms with Crippen molar-refractivity contribution >= 4 is 5.97 Å². The average molecular weight is 188 g/mol. The van der Waals surface area contributed by atoms with Gasteiger partial charge in [0, 0.05) is 5.54 Å². The largest absolute Gasteiger partial charge is 0.469 e. The number of hydrogen-bond acceptors (Lipinski definition) is 4. The molecule has 0 rings (SSSR count). The lowest BCUT2D eigenvalue weighted by atomic mass is 9.95. The van der Waals surface area contributed by atoms with E-state index in [0.29, 0.717) is 0 Å². The van der Waals surface area contributed by atoms with Gasteiger partial charge in [-0.1, -0.05) is 0 Å². The van der Waals surface area contributed by atoms with Gasteiger partial charge >= 0.3 is 5.97 Å². The first-order valence-electron chi connectivity index (χ1n) is 4.38. The summed E-state index contributed by atoms with van der Waals surface area (Å²) in [5.74, 6) is -0.247. The van der Waals surface area contributed by atoms with Gasteiger partial charge in [0.05, 0.1) is 13.5 Å². The van der Waals surface area contributed by atoms with Crippen LogP contribution in [0.3, 0.4) is 0 Å². The lowest BCUT2D eigenvalue weighted by molar-refractivity contribution is -0.141. The minimum atomic E-state index is -0.461. The summed E-state index contributed by atoms with van der Waals surface area (Å²) in [5, 5.41) is 0. The van der Waals surface area contributed by atoms with E-state index in [9.17, 15) is 4.79 Å². The smallest absolute Gasteiger partial charge is 0.307 e. The van der Waals surface area contributed by atoms with Crippen molar-refractivity contribution < 1.29 is 9.53 Å². The topological polar surface area (TPSA) is 55.6 Å². The second kappa shape index (κ2) is 5.19. The molecular weight excluding hydrogens is 168 g/mol. The van der Waals surface area contributed by atoms with E-state index in [0.717, 1.165) is 13.0 Å². The Morgan fingerprint density at radius 3 is 2.46 bits per heavy atom. The Kier molecular flexibility index (Phi) is 4.95. The van der Waals surface area contributed by atoms with Crippen LogP contribution in [0.25, 0.3) is 0 Å². The van der Waals surface area contributed by atoms with Gasteiger partial charge in [0.25, 0.3) is 0 Å². The highest BCUT2D eigenvalue weighted by atomic mass is 16.5. The maximum Gasteiger partial charge on any atom is 0.307 e. The predicted octanol–water partition coefficient (Wildman–Crippen LogP) is 0.219. The number of esters is 1. The zero-order chi connectivity index (χ0) is 10.5. The van der Waals surface area contributed by atoms with E-state index in [-0.39, 0.29) is 12.4 Å². The first-order valence-corrected chi connectivity index (χ1v) is 4.38. The van der Waals surface area contributed by atoms with E-state index >= 15 is 0 Å². The van der Waals surface area contributed by atoms with Crippen molar-refractivity contribution in [1.29, 1.82) is 0 Å². The molecule has 0 heterocycles. The Morgan fingerprint density at radius 1 is 1.54 bits per heavy atom. The van der Waals surface area contributed by atoms with E-state index in [4.69, 9.17) is 5.73 Å². The van der Waals surface area contributed by atoms with Crippen LogP contribution in [0, 0.1) is 0 Å². The van der Waals surface area contributed by atoms with Crippen molar-refractivity contribution in [2.45, 2.75) is 25.3 Å². The van der Waals surface area contributed by atoms with E-state index in [1.165, 1.54) is 7.11 Å². The third-order valence-electron chi connectivity index (χ3n) is 1.91. The van der Waals surface area contributed by atoms with Crippen LogP contribution in [-0.2, 0) is 9.53 Å². The molecule has 4 nitrogen and oxygen atoms in total. The summed E-state index contributed by atoms with van der Waals surface area (Å²) in [4.78, 5) is 13.0. The molecule has 0 saturated heterocycles. The van der Waals surface area contributed by atoms with Gasteiger partial charge in [0.15, 0.2) is 0 Å². The van der Waals surface area contributed by atoms with Crippen LogP contribution < -0.4 is 5.73 Å². The molecule has 0 aliphatic rings. The molecule has 0 aromatic carbocycles. The van der Waals surface area contributed by atoms with E-state index in [1.54, 1.807) is 0 Å². The summed E-state index contributed by atoms with van der Waals surface area (Å²) < 4.78 is 4.56. The fourth-order valence-electron chi connectivity index (χ4n) is 0.969. The predicted molar refractivity (Wildman–Crippen MR) is 52.4 cm³/mol. The maximum atomic E-state index is 11.0. The number of hydrogen-bond donors (Lipinski definition) is 1. The number of nitrogens with zero attached hydrogens (tertiary/aromatic N) is 1. The van der Waals surface area contributed by atoms with Crippen molar-refractivity contribution in [2.24, 2.45) is 5.73 Å². The third-order valence-corrected chi connectivity index (χ3v) is 1.91. The van der Waals surface area contributed by atoms with Crippen molar-refractivity contribution in [1.82, 2.24) is 4.90 Å². The molecule has 0 amide bonds. The second-order valence-corrected chi connectivity index (χ2v) is 3.96. The Morgan fingerprint density at radius 2 is 2.08 bits per heavy atom. The quantitative estimate of drug-likeness (QED) is 0.627. The van der Waals surface area contributed by atoms with E-state index in [2.05, 4.69) is 4.74 Å². The zero-order valence-electron chi connectivity index (χ0n) is 8.96. The molecular formula is C9H20N2O2. The van der Waals surface area contributed by atoms with Gasteiger partial charge in [-0.2, -0.15) is 0 Å². The summed E-state index contributed by atoms with van der Waals surface area (Å²) in [6, 6.07) is 0. The average Bonchev–Trinajstić information content (AvgIpc) is 2.00. The van der Waals surface area contributed by atoms with Crippen molar-refractivity contribution in [2.75, 3.05) is 27.7 Å². The Balaban J connectivity index is 3.86. The van der Waals surface area contributed by atoms with Gasteiger partial charge in [-0.3, -0.25) is 4.79 Å². The summed E-state index contributed by atoms with van der Waals surface area (Å²) in [6.07, 6.45) is 1.06. The molecule has 4 heteroatoms. The Bertz CT molecular complexity index is 167. The number of nitrogens with two attached hydrogens (primary N) is 1. The molecule has 0 fully saturated rings. The summed E-state index contributed by atoms with van der Waals surface area (Å²) in [6.45, 7) is 2.75. The molecule has 0 aromatic rings. The maximum absolute atomic E-state index is 11.0. The monoisotopic (exact) mass is 188 g/mol. The molecule has 0 aliphatic carbocycles. The lowest BCUT2D eigenvalue weighted by Gasteiger charge is -2.24. The standard InChI is InChI=1S/C9H20N2O2/c1-9(10,5-6-11(2)3)7-8(12)13-4/h5-7,10H2,1-4H3. The molecule has 2 N–H and O–H groups in total. The highest BCUT2D eigenvalue weighted by Gasteiger charge is 2.22. The highest BCUT2D eigenvalue weighted by molar-refractivity contribution is 5.70. The first kappa shape index (κ1) is 12.4. The van der Waals surface area contributed by atoms with E-state index < -0.39 is 5.54 Å². The van der Waals surface area contributed by atoms with Crippen LogP contribution in [0.15, 0.2) is 0 Å². The molecule has 0 bridgehead atoms. The zero-order valence-corrected chi connectivity index (χ0v) is 8.96. The molecule has 0 spiro atoms. The number of carbonyl (C=O) groups excluding carboxylic acids is 1. The second-order valence-electron chi connectivity index (χ2n) is 3.96. The number of carbonyl (C=O) groups is 1. The Hall–Kier alpha value is -0.610. The van der Waals surface area contributed by atoms with Crippen molar-refractivity contribution in [3.05, 3.63) is 0 Å². The fourth-order valence-corrected chi connectivity index (χ4v) is 0.969. The van der Waals surface area contributed by atoms with Gasteiger partial charge in [0.2, 0.25) is 0 Å². The Labute approximate surface area is 80.0 Å². The van der Waals surface area contributed by atoms with Gasteiger partial charge in [0.1, 0.15) is 0 Å². The van der Waals surface area contributed by atoms with Crippen LogP contribution >= 0.6 is 0 Å². The van der Waals surface area contributed by atoms with Crippen molar-refractivity contribution in [3.8, 4) is 0 Å². The van der Waals surface area contributed by atoms with Crippen LogP contribution in [0.2, 0.25) is 0 Å². The molecule has 0 radical (unpaired) electrons. The normalized spacial score (nSPS) is 15.5. The molecule has 78 valence electrons. The van der Waals surface area contributed by atoms with Crippen molar-refractivity contribution in [3.63, 3.8) is 0 Å². The van der Waals surface area contributed by atoms with Crippen LogP contribution in [0.5, 0.6) is 0 Å². The number of rotatable bonds is 5. The van der Waals surface area contributed by atoms with Gasteiger partial charge in [-0.05, 0) is 34.0 Å². The molecule has 0 aromatic heterocycles. The van der Waals surface area contributed by atoms with Gasteiger partial charge < -0.3 is 15.4 Å². The molecule has 13 heavy (non-hydrogen) atoms. The molecule has 0 aliphatic heterocycles. The van der Waals surface area contributed by atoms with Crippen LogP contribution in [-0.4, -0.2) is 44.2 Å². The summed E-state index contributed by atoms with van der Waals surface area (Å²) >= 11 is 0. The van der Waals surface area contributed by atoms with E-state index in [1.807, 2.05) is 25.9 Å². The molecule has 0 saturated carbocycles. The van der Waals surface area contributed by atoms with Gasteiger partial charge in [-0.15, -0.1) is 0 Å². The van der Waals surface area contributed by atoms with Crippen LogP contribution in [0.1, 0.15) is 19.8 Å². The molecule has 1 unspecified atom stereocenters. The summed E-state index contributed by atoms with van der Waals surface area (Å²) in [5.41, 5.74) is 5.45. The first-order chi connectivity index (χ1) is 5.87. The number of methoxy groups -OCH3 is 1.